The van der Waals surface area contributed by atoms with Gasteiger partial charge in [-0.1, -0.05) is 23.7 Å². The number of thiazole rings is 1. The van der Waals surface area contributed by atoms with Gasteiger partial charge in [-0.3, -0.25) is 9.69 Å². The Morgan fingerprint density at radius 3 is 2.54 bits per heavy atom. The molecular formula is C20H17ClN2O4S. The zero-order valence-electron chi connectivity index (χ0n) is 15.2. The number of hydrogen-bond donors (Lipinski definition) is 0. The summed E-state index contributed by atoms with van der Waals surface area (Å²) < 4.78 is 10.6. The molecule has 0 bridgehead atoms. The molecule has 0 fully saturated rings. The number of halogens is 1. The third kappa shape index (κ3) is 4.49. The number of para-hydroxylation sites is 2. The first-order valence-corrected chi connectivity index (χ1v) is 9.56. The van der Waals surface area contributed by atoms with Crippen LogP contribution in [0.3, 0.4) is 0 Å². The molecule has 0 spiro atoms. The summed E-state index contributed by atoms with van der Waals surface area (Å²) in [5, 5.41) is 2.76. The molecule has 2 aromatic carbocycles. The van der Waals surface area contributed by atoms with Crippen molar-refractivity contribution in [1.29, 1.82) is 0 Å². The van der Waals surface area contributed by atoms with Crippen molar-refractivity contribution >= 4 is 45.6 Å². The number of carbonyl (C=O) groups is 2. The summed E-state index contributed by atoms with van der Waals surface area (Å²) in [6.07, 6.45) is 0. The number of aromatic nitrogens is 1. The number of amides is 1. The highest BCUT2D eigenvalue weighted by molar-refractivity contribution is 7.14. The maximum Gasteiger partial charge on any atom is 0.338 e. The van der Waals surface area contributed by atoms with Gasteiger partial charge in [-0.05, 0) is 36.4 Å². The number of anilines is 2. The molecule has 0 aliphatic carbocycles. The second-order valence-corrected chi connectivity index (χ2v) is 7.00. The highest BCUT2D eigenvalue weighted by Crippen LogP contribution is 2.35. The van der Waals surface area contributed by atoms with Crippen LogP contribution in [-0.4, -0.2) is 24.0 Å². The van der Waals surface area contributed by atoms with E-state index in [4.69, 9.17) is 21.1 Å². The van der Waals surface area contributed by atoms with E-state index in [2.05, 4.69) is 4.98 Å². The Balaban J connectivity index is 1.75. The van der Waals surface area contributed by atoms with Crippen LogP contribution in [0.4, 0.5) is 10.8 Å². The van der Waals surface area contributed by atoms with Crippen LogP contribution in [0, 0.1) is 0 Å². The number of nitrogens with zero attached hydrogens (tertiary/aromatic N) is 2. The first-order valence-electron chi connectivity index (χ1n) is 8.30. The van der Waals surface area contributed by atoms with E-state index in [9.17, 15) is 9.59 Å². The number of methoxy groups -OCH3 is 1. The average molecular weight is 417 g/mol. The molecule has 0 atom stereocenters. The van der Waals surface area contributed by atoms with Gasteiger partial charge in [0.25, 0.3) is 0 Å². The Kier molecular flexibility index (Phi) is 6.28. The molecule has 0 saturated heterocycles. The van der Waals surface area contributed by atoms with Crippen molar-refractivity contribution in [3.63, 3.8) is 0 Å². The molecule has 1 aromatic heterocycles. The summed E-state index contributed by atoms with van der Waals surface area (Å²) in [7, 11) is 1.54. The maximum absolute atomic E-state index is 12.2. The minimum Gasteiger partial charge on any atom is -0.495 e. The third-order valence-electron chi connectivity index (χ3n) is 3.80. The van der Waals surface area contributed by atoms with Gasteiger partial charge in [-0.25, -0.2) is 9.78 Å². The minimum atomic E-state index is -0.473. The van der Waals surface area contributed by atoms with Crippen LogP contribution in [0.25, 0.3) is 0 Å². The Morgan fingerprint density at radius 1 is 1.14 bits per heavy atom. The topological polar surface area (TPSA) is 68.7 Å². The van der Waals surface area contributed by atoms with Crippen molar-refractivity contribution in [3.05, 3.63) is 70.2 Å². The standard InChI is InChI=1S/C20H17ClN2O4S/c1-13(24)23(17-5-3-4-6-18(17)26-2)20-22-16(12-28-20)11-27-19(25)14-7-9-15(21)10-8-14/h3-10,12H,11H2,1-2H3. The third-order valence-corrected chi connectivity index (χ3v) is 4.93. The smallest absolute Gasteiger partial charge is 0.338 e. The monoisotopic (exact) mass is 416 g/mol. The fourth-order valence-corrected chi connectivity index (χ4v) is 3.49. The Labute approximate surface area is 171 Å². The van der Waals surface area contributed by atoms with Crippen LogP contribution in [0.2, 0.25) is 5.02 Å². The normalized spacial score (nSPS) is 10.4. The van der Waals surface area contributed by atoms with Gasteiger partial charge in [-0.2, -0.15) is 0 Å². The Morgan fingerprint density at radius 2 is 1.86 bits per heavy atom. The van der Waals surface area contributed by atoms with Crippen LogP contribution >= 0.6 is 22.9 Å². The van der Waals surface area contributed by atoms with E-state index in [1.807, 2.05) is 12.1 Å². The van der Waals surface area contributed by atoms with Crippen molar-refractivity contribution in [1.82, 2.24) is 4.98 Å². The Bertz CT molecular complexity index is 988. The van der Waals surface area contributed by atoms with E-state index < -0.39 is 5.97 Å². The lowest BCUT2D eigenvalue weighted by Gasteiger charge is -2.20. The summed E-state index contributed by atoms with van der Waals surface area (Å²) in [6, 6.07) is 13.6. The molecule has 0 unspecified atom stereocenters. The summed E-state index contributed by atoms with van der Waals surface area (Å²) >= 11 is 7.10. The van der Waals surface area contributed by atoms with Gasteiger partial charge in [-0.15, -0.1) is 11.3 Å². The van der Waals surface area contributed by atoms with Gasteiger partial charge < -0.3 is 9.47 Å². The molecule has 28 heavy (non-hydrogen) atoms. The molecule has 6 nitrogen and oxygen atoms in total. The van der Waals surface area contributed by atoms with Gasteiger partial charge in [0.2, 0.25) is 5.91 Å². The van der Waals surface area contributed by atoms with Gasteiger partial charge >= 0.3 is 5.97 Å². The van der Waals surface area contributed by atoms with E-state index in [0.29, 0.717) is 32.8 Å². The molecule has 8 heteroatoms. The van der Waals surface area contributed by atoms with E-state index in [1.165, 1.54) is 23.2 Å². The average Bonchev–Trinajstić information content (AvgIpc) is 3.15. The predicted molar refractivity (Wildman–Crippen MR) is 108 cm³/mol. The van der Waals surface area contributed by atoms with Crippen molar-refractivity contribution in [2.45, 2.75) is 13.5 Å². The largest absolute Gasteiger partial charge is 0.495 e. The molecule has 0 N–H and O–H groups in total. The van der Waals surface area contributed by atoms with Crippen LogP contribution in [0.1, 0.15) is 23.0 Å². The highest BCUT2D eigenvalue weighted by Gasteiger charge is 2.21. The lowest BCUT2D eigenvalue weighted by atomic mass is 10.2. The number of ether oxygens (including phenoxy) is 2. The van der Waals surface area contributed by atoms with E-state index in [0.717, 1.165) is 0 Å². The first-order chi connectivity index (χ1) is 13.5. The Hall–Kier alpha value is -2.90. The van der Waals surface area contributed by atoms with E-state index in [1.54, 1.807) is 48.9 Å². The van der Waals surface area contributed by atoms with Crippen molar-refractivity contribution < 1.29 is 19.1 Å². The number of esters is 1. The second kappa shape index (κ2) is 8.86. The quantitative estimate of drug-likeness (QED) is 0.537. The van der Waals surface area contributed by atoms with Crippen LogP contribution in [0.15, 0.2) is 53.9 Å². The SMILES string of the molecule is COc1ccccc1N(C(C)=O)c1nc(COC(=O)c2ccc(Cl)cc2)cs1. The van der Waals surface area contributed by atoms with Crippen molar-refractivity contribution in [2.75, 3.05) is 12.0 Å². The summed E-state index contributed by atoms with van der Waals surface area (Å²) in [5.41, 5.74) is 1.54. The zero-order valence-corrected chi connectivity index (χ0v) is 16.8. The fraction of sp³-hybridized carbons (Fsp3) is 0.150. The van der Waals surface area contributed by atoms with Crippen molar-refractivity contribution in [2.24, 2.45) is 0 Å². The van der Waals surface area contributed by atoms with Gasteiger partial charge in [0, 0.05) is 17.3 Å². The fourth-order valence-electron chi connectivity index (χ4n) is 2.50. The van der Waals surface area contributed by atoms with Gasteiger partial charge in [0.05, 0.1) is 24.1 Å². The highest BCUT2D eigenvalue weighted by atomic mass is 35.5. The molecule has 1 heterocycles. The summed E-state index contributed by atoms with van der Waals surface area (Å²) in [5.74, 6) is -0.119. The summed E-state index contributed by atoms with van der Waals surface area (Å²) in [4.78, 5) is 30.3. The molecule has 0 radical (unpaired) electrons. The van der Waals surface area contributed by atoms with E-state index >= 15 is 0 Å². The predicted octanol–water partition coefficient (Wildman–Crippen LogP) is 4.85. The molecule has 0 aliphatic rings. The number of carbonyl (C=O) groups excluding carboxylic acids is 2. The van der Waals surface area contributed by atoms with Gasteiger partial charge in [0.1, 0.15) is 12.4 Å². The maximum atomic E-state index is 12.2. The number of benzene rings is 2. The lowest BCUT2D eigenvalue weighted by molar-refractivity contribution is -0.115. The van der Waals surface area contributed by atoms with E-state index in [-0.39, 0.29) is 12.5 Å². The first kappa shape index (κ1) is 19.9. The molecule has 144 valence electrons. The molecular weight excluding hydrogens is 400 g/mol. The lowest BCUT2D eigenvalue weighted by Crippen LogP contribution is -2.23. The molecule has 0 aliphatic heterocycles. The van der Waals surface area contributed by atoms with Crippen LogP contribution < -0.4 is 9.64 Å². The molecule has 3 aromatic rings. The van der Waals surface area contributed by atoms with Gasteiger partial charge in [0.15, 0.2) is 5.13 Å². The molecule has 1 amide bonds. The summed E-state index contributed by atoms with van der Waals surface area (Å²) in [6.45, 7) is 1.45. The van der Waals surface area contributed by atoms with Crippen LogP contribution in [0.5, 0.6) is 5.75 Å². The second-order valence-electron chi connectivity index (χ2n) is 5.73. The minimum absolute atomic E-state index is 0.00434. The molecule has 3 rings (SSSR count). The zero-order chi connectivity index (χ0) is 20.1. The molecule has 0 saturated carbocycles. The van der Waals surface area contributed by atoms with Crippen molar-refractivity contribution in [3.8, 4) is 5.75 Å². The van der Waals surface area contributed by atoms with Crippen LogP contribution in [-0.2, 0) is 16.1 Å². The number of hydrogen-bond acceptors (Lipinski definition) is 6. The number of rotatable bonds is 6.